The van der Waals surface area contributed by atoms with Crippen molar-refractivity contribution < 1.29 is 19.1 Å². The van der Waals surface area contributed by atoms with Crippen LogP contribution < -0.4 is 51.5 Å². The number of carbonyl (C=O) groups excluding carboxylic acids is 2. The maximum atomic E-state index is 13.1. The van der Waals surface area contributed by atoms with Crippen LogP contribution in [0.25, 0.3) is 0 Å². The van der Waals surface area contributed by atoms with Crippen molar-refractivity contribution in [3.05, 3.63) is 0 Å². The highest BCUT2D eigenvalue weighted by Crippen LogP contribution is 2.37. The zero-order valence-electron chi connectivity index (χ0n) is 49.3. The number of hydrogen-bond donors (Lipinski definition) is 6. The minimum atomic E-state index is -0.437. The molecule has 74 heavy (non-hydrogen) atoms. The minimum Gasteiger partial charge on any atom is -0.464 e. The van der Waals surface area contributed by atoms with Gasteiger partial charge in [0.05, 0.1) is 13.2 Å². The molecular weight excluding hydrogens is 937 g/mol. The summed E-state index contributed by atoms with van der Waals surface area (Å²) in [6, 6.07) is 0.718. The van der Waals surface area contributed by atoms with E-state index in [0.29, 0.717) is 48.5 Å². The summed E-state index contributed by atoms with van der Waals surface area (Å²) < 4.78 is 11.2. The topological polar surface area (TPSA) is 215 Å². The average molecular weight is 1040 g/mol. The van der Waals surface area contributed by atoms with E-state index >= 15 is 0 Å². The predicted molar refractivity (Wildman–Crippen MR) is 299 cm³/mol. The summed E-state index contributed by atoms with van der Waals surface area (Å²) in [6.07, 6.45) is 8.34. The molecule has 0 saturated carbocycles. The van der Waals surface area contributed by atoms with Crippen LogP contribution in [0.4, 0.5) is 35.7 Å². The highest BCUT2D eigenvalue weighted by molar-refractivity contribution is 5.75. The third kappa shape index (κ3) is 16.6. The number of nitrogens with zero attached hydrogens (tertiary/aromatic N) is 10. The molecule has 0 amide bonds. The Morgan fingerprint density at radius 3 is 0.811 bits per heavy atom. The molecule has 2 aromatic heterocycles. The number of esters is 2. The maximum absolute atomic E-state index is 13.1. The predicted octanol–water partition coefficient (Wildman–Crippen LogP) is 6.43. The third-order valence-electron chi connectivity index (χ3n) is 15.2. The van der Waals surface area contributed by atoms with Crippen LogP contribution >= 0.6 is 0 Å². The fourth-order valence-electron chi connectivity index (χ4n) is 13.3. The summed E-state index contributed by atoms with van der Waals surface area (Å²) >= 11 is 0. The smallest absolute Gasteiger partial charge is 0.325 e. The average Bonchev–Trinajstić information content (AvgIpc) is 3.23. The van der Waals surface area contributed by atoms with E-state index in [9.17, 15) is 9.59 Å². The van der Waals surface area contributed by atoms with Crippen molar-refractivity contribution in [2.75, 3.05) is 84.7 Å². The van der Waals surface area contributed by atoms with E-state index in [1.54, 1.807) is 0 Å². The van der Waals surface area contributed by atoms with Gasteiger partial charge in [-0.2, -0.15) is 29.9 Å². The van der Waals surface area contributed by atoms with Gasteiger partial charge < -0.3 is 61.0 Å². The lowest BCUT2D eigenvalue weighted by molar-refractivity contribution is -0.144. The second kappa shape index (κ2) is 21.9. The van der Waals surface area contributed by atoms with Crippen LogP contribution in [0.1, 0.15) is 175 Å². The second-order valence-corrected chi connectivity index (χ2v) is 27.6. The van der Waals surface area contributed by atoms with E-state index in [1.807, 2.05) is 0 Å². The van der Waals surface area contributed by atoms with Crippen molar-refractivity contribution in [2.24, 2.45) is 0 Å². The lowest BCUT2D eigenvalue weighted by Gasteiger charge is -2.49. The molecule has 0 bridgehead atoms. The van der Waals surface area contributed by atoms with Gasteiger partial charge in [-0.05, 0) is 175 Å². The van der Waals surface area contributed by atoms with Gasteiger partial charge in [-0.25, -0.2) is 0 Å². The Hall–Kier alpha value is -4.40. The Labute approximate surface area is 444 Å². The molecule has 418 valence electrons. The second-order valence-electron chi connectivity index (χ2n) is 27.6. The molecule has 2 aromatic rings. The molecule has 6 N–H and O–H groups in total. The van der Waals surface area contributed by atoms with Crippen molar-refractivity contribution in [3.63, 3.8) is 0 Å². The summed E-state index contributed by atoms with van der Waals surface area (Å²) in [4.78, 5) is 64.5. The minimum absolute atomic E-state index is 0.0740. The lowest BCUT2D eigenvalue weighted by Crippen LogP contribution is -2.62. The van der Waals surface area contributed by atoms with E-state index in [2.05, 4.69) is 190 Å². The first-order valence-electron chi connectivity index (χ1n) is 27.3. The molecule has 6 heterocycles. The first-order chi connectivity index (χ1) is 33.9. The zero-order chi connectivity index (χ0) is 55.0. The highest BCUT2D eigenvalue weighted by atomic mass is 16.5. The van der Waals surface area contributed by atoms with Crippen LogP contribution in [-0.2, 0) is 19.1 Å². The van der Waals surface area contributed by atoms with Crippen LogP contribution in [0.15, 0.2) is 0 Å². The van der Waals surface area contributed by atoms with Crippen molar-refractivity contribution in [2.45, 2.75) is 243 Å². The molecule has 0 unspecified atom stereocenters. The van der Waals surface area contributed by atoms with Gasteiger partial charge >= 0.3 is 11.9 Å². The lowest BCUT2D eigenvalue weighted by atomic mass is 9.79. The Balaban J connectivity index is 1.03. The molecule has 0 radical (unpaired) electrons. The molecule has 4 aliphatic heterocycles. The largest absolute Gasteiger partial charge is 0.464 e. The van der Waals surface area contributed by atoms with Crippen molar-refractivity contribution >= 4 is 47.6 Å². The monoisotopic (exact) mass is 1030 g/mol. The van der Waals surface area contributed by atoms with Gasteiger partial charge in [0.2, 0.25) is 35.7 Å². The SMILES string of the molecule is CN(c1nc(NCC(=O)OCCCCOC(=O)CNc2nc(N(C)C3CC(C)(C)NC(C)(C)C3)nc(N(C)C3CC(C)(C)NC(C)(C)C3)n2)nc(N(C)C2CC(C)(C)NC(C)(C)C2)n1)C1CC(C)(C)NC(C)(C)C1. The molecule has 4 saturated heterocycles. The van der Waals surface area contributed by atoms with Crippen molar-refractivity contribution in [3.8, 4) is 0 Å². The van der Waals surface area contributed by atoms with Gasteiger partial charge in [0, 0.05) is 96.7 Å². The fourth-order valence-corrected chi connectivity index (χ4v) is 13.3. The number of aromatic nitrogens is 6. The molecule has 20 heteroatoms. The zero-order valence-corrected chi connectivity index (χ0v) is 49.3. The van der Waals surface area contributed by atoms with E-state index in [1.165, 1.54) is 0 Å². The summed E-state index contributed by atoms with van der Waals surface area (Å²) in [5.74, 6) is 1.97. The van der Waals surface area contributed by atoms with Gasteiger partial charge in [-0.15, -0.1) is 0 Å². The first kappa shape index (κ1) is 58.9. The third-order valence-corrected chi connectivity index (χ3v) is 15.2. The van der Waals surface area contributed by atoms with Crippen molar-refractivity contribution in [1.29, 1.82) is 0 Å². The molecule has 0 aromatic carbocycles. The number of ether oxygens (including phenoxy) is 2. The van der Waals surface area contributed by atoms with Gasteiger partial charge in [0.15, 0.2) is 0 Å². The van der Waals surface area contributed by atoms with E-state index < -0.39 is 11.9 Å². The molecular formula is C54H98N16O4. The number of nitrogens with one attached hydrogen (secondary N) is 6. The number of unbranched alkanes of at least 4 members (excludes halogenated alkanes) is 1. The molecule has 20 nitrogen and oxygen atoms in total. The molecule has 4 fully saturated rings. The fraction of sp³-hybridized carbons (Fsp3) is 0.852. The molecule has 0 atom stereocenters. The quantitative estimate of drug-likeness (QED) is 0.0661. The Morgan fingerprint density at radius 1 is 0.405 bits per heavy atom. The normalized spacial score (nSPS) is 23.0. The van der Waals surface area contributed by atoms with E-state index in [4.69, 9.17) is 39.4 Å². The molecule has 4 aliphatic rings. The summed E-state index contributed by atoms with van der Waals surface area (Å²) in [7, 11) is 8.21. The van der Waals surface area contributed by atoms with Gasteiger partial charge in [0.25, 0.3) is 0 Å². The molecule has 6 rings (SSSR count). The van der Waals surface area contributed by atoms with Crippen LogP contribution in [0.2, 0.25) is 0 Å². The van der Waals surface area contributed by atoms with Gasteiger partial charge in [0.1, 0.15) is 13.1 Å². The van der Waals surface area contributed by atoms with Crippen LogP contribution in [-0.4, -0.2) is 165 Å². The van der Waals surface area contributed by atoms with Crippen molar-refractivity contribution in [1.82, 2.24) is 51.2 Å². The number of piperidine rings is 4. The number of carbonyl (C=O) groups is 2. The molecule has 0 aliphatic carbocycles. The number of anilines is 6. The van der Waals surface area contributed by atoms with Crippen LogP contribution in [0.3, 0.4) is 0 Å². The summed E-state index contributed by atoms with van der Waals surface area (Å²) in [5, 5.41) is 21.4. The van der Waals surface area contributed by atoms with Crippen LogP contribution in [0.5, 0.6) is 0 Å². The highest BCUT2D eigenvalue weighted by Gasteiger charge is 2.44. The van der Waals surface area contributed by atoms with E-state index in [0.717, 1.165) is 51.4 Å². The Bertz CT molecular complexity index is 1920. The Morgan fingerprint density at radius 2 is 0.608 bits per heavy atom. The summed E-state index contributed by atoms with van der Waals surface area (Å²) in [6.45, 7) is 35.9. The Kier molecular flexibility index (Phi) is 17.4. The standard InChI is InChI=1S/C54H98N16O4/c1-47(2)25-35(26-48(3,4)63-47)67(17)43-57-41(58-44(61-43)68(18)36-27-49(5,6)64-50(7,8)28-36)55-33-39(71)73-23-21-22-24-74-40(72)34-56-42-59-45(69(19)37-29-51(9,10)65-52(11,12)30-37)62-46(60-42)70(20)38-31-53(13,14)66-54(15,16)32-38/h35-38,63-66H,21-34H2,1-20H3,(H,55,57,58,61)(H,56,59,60,62). The summed E-state index contributed by atoms with van der Waals surface area (Å²) in [5.41, 5.74) is -0.592. The van der Waals surface area contributed by atoms with Crippen LogP contribution in [0, 0.1) is 0 Å². The maximum Gasteiger partial charge on any atom is 0.325 e. The number of hydrogen-bond acceptors (Lipinski definition) is 20. The van der Waals surface area contributed by atoms with E-state index in [-0.39, 0.29) is 94.8 Å². The van der Waals surface area contributed by atoms with Gasteiger partial charge in [-0.3, -0.25) is 9.59 Å². The number of rotatable bonds is 19. The first-order valence-corrected chi connectivity index (χ1v) is 27.3. The molecule has 0 spiro atoms. The van der Waals surface area contributed by atoms with Gasteiger partial charge in [-0.1, -0.05) is 0 Å².